The molecule has 2 aromatic carbocycles. The number of hydrogen-bond donors (Lipinski definition) is 2. The Balaban J connectivity index is 2.12. The van der Waals surface area contributed by atoms with Crippen LogP contribution < -0.4 is 9.78 Å². The van der Waals surface area contributed by atoms with E-state index in [1.165, 1.54) is 29.0 Å². The zero-order valence-corrected chi connectivity index (χ0v) is 17.5. The Labute approximate surface area is 164 Å². The van der Waals surface area contributed by atoms with E-state index in [1.54, 1.807) is 12.1 Å². The number of aromatic hydroxyl groups is 2. The van der Waals surface area contributed by atoms with Gasteiger partial charge in [-0.25, -0.2) is 0 Å². The molecule has 1 heterocycles. The third kappa shape index (κ3) is 2.79. The third-order valence-corrected chi connectivity index (χ3v) is 5.73. The second-order valence-electron chi connectivity index (χ2n) is 6.77. The van der Waals surface area contributed by atoms with Gasteiger partial charge in [0.15, 0.2) is 0 Å². The van der Waals surface area contributed by atoms with Gasteiger partial charge in [0.2, 0.25) is 0 Å². The molecule has 6 heteroatoms. The van der Waals surface area contributed by atoms with Crippen molar-refractivity contribution in [2.24, 2.45) is 0 Å². The second-order valence-corrected chi connectivity index (χ2v) is 8.08. The van der Waals surface area contributed by atoms with Gasteiger partial charge >= 0.3 is 164 Å². The first kappa shape index (κ1) is 17.6. The molecule has 5 nitrogen and oxygen atoms in total. The predicted octanol–water partition coefficient (Wildman–Crippen LogP) is 2.55. The normalized spacial score (nSPS) is 11.4. The fraction of sp³-hybridized carbons (Fsp3) is 0.143. The van der Waals surface area contributed by atoms with Crippen molar-refractivity contribution in [1.29, 1.82) is 0 Å². The molecule has 1 aliphatic carbocycles. The van der Waals surface area contributed by atoms with E-state index in [4.69, 9.17) is 9.40 Å². The van der Waals surface area contributed by atoms with E-state index in [1.807, 2.05) is 26.8 Å². The van der Waals surface area contributed by atoms with Crippen LogP contribution in [0.15, 0.2) is 39.5 Å². The van der Waals surface area contributed by atoms with Crippen LogP contribution in [0.25, 0.3) is 33.7 Å². The van der Waals surface area contributed by atoms with Gasteiger partial charge in [0.1, 0.15) is 0 Å². The van der Waals surface area contributed by atoms with Crippen LogP contribution in [0.5, 0.6) is 11.5 Å². The molecule has 2 aliphatic rings. The molecule has 1 aliphatic heterocycles. The molecule has 0 saturated carbocycles. The minimum atomic E-state index is -0.108. The van der Waals surface area contributed by atoms with Crippen LogP contribution >= 0.6 is 0 Å². The number of aryl methyl sites for hydroxylation is 3. The maximum absolute atomic E-state index is 11.8. The van der Waals surface area contributed by atoms with Gasteiger partial charge < -0.3 is 0 Å². The van der Waals surface area contributed by atoms with E-state index in [0.717, 1.165) is 26.6 Å². The zero-order valence-electron chi connectivity index (χ0n) is 15.1. The number of nitrogens with zero attached hydrogens (tertiary/aromatic N) is 1. The molecule has 0 aromatic heterocycles. The topological polar surface area (TPSA) is 83.6 Å². The molecule has 0 amide bonds. The van der Waals surface area contributed by atoms with Gasteiger partial charge in [-0.3, -0.25) is 0 Å². The van der Waals surface area contributed by atoms with E-state index < -0.39 is 0 Å². The van der Waals surface area contributed by atoms with Gasteiger partial charge in [0, 0.05) is 0 Å². The Hall–Kier alpha value is -2.78. The van der Waals surface area contributed by atoms with Crippen molar-refractivity contribution in [1.82, 2.24) is 4.98 Å². The number of benzene rings is 3. The first-order valence-corrected chi connectivity index (χ1v) is 9.64. The van der Waals surface area contributed by atoms with Crippen LogP contribution in [0.2, 0.25) is 0 Å². The molecule has 0 bridgehead atoms. The summed E-state index contributed by atoms with van der Waals surface area (Å²) in [5.41, 5.74) is 5.82. The van der Waals surface area contributed by atoms with E-state index in [0.29, 0.717) is 28.1 Å². The van der Waals surface area contributed by atoms with Crippen molar-refractivity contribution in [3.63, 3.8) is 0 Å². The van der Waals surface area contributed by atoms with Crippen molar-refractivity contribution in [2.75, 3.05) is 0 Å². The molecule has 1 atom stereocenters. The summed E-state index contributed by atoms with van der Waals surface area (Å²) in [5, 5.41) is 20.2. The molecule has 0 radical (unpaired) electrons. The zero-order chi connectivity index (χ0) is 19.5. The van der Waals surface area contributed by atoms with E-state index in [-0.39, 0.29) is 16.9 Å². The van der Waals surface area contributed by atoms with Crippen molar-refractivity contribution in [2.45, 2.75) is 20.8 Å². The number of hydrogen-bond acceptors (Lipinski definition) is 5. The predicted molar refractivity (Wildman–Crippen MR) is 108 cm³/mol. The molecule has 27 heavy (non-hydrogen) atoms. The van der Waals surface area contributed by atoms with Crippen molar-refractivity contribution < 1.29 is 14.6 Å². The van der Waals surface area contributed by atoms with Crippen LogP contribution in [0.4, 0.5) is 0 Å². The minimum absolute atomic E-state index is 0.0264. The van der Waals surface area contributed by atoms with E-state index in [9.17, 15) is 15.0 Å². The van der Waals surface area contributed by atoms with Crippen LogP contribution in [-0.2, 0) is 0 Å². The Bertz CT molecular complexity index is 1240. The average Bonchev–Trinajstić information content (AvgIpc) is 2.55. The monoisotopic (exact) mass is 423 g/mol. The molecular formula is C21H18AsNO4. The van der Waals surface area contributed by atoms with Crippen molar-refractivity contribution >= 4 is 32.3 Å². The Morgan fingerprint density at radius 1 is 0.963 bits per heavy atom. The van der Waals surface area contributed by atoms with Gasteiger partial charge in [0.05, 0.1) is 0 Å². The van der Waals surface area contributed by atoms with E-state index in [2.05, 4.69) is 0 Å². The van der Waals surface area contributed by atoms with Gasteiger partial charge in [0.25, 0.3) is 0 Å². The van der Waals surface area contributed by atoms with Crippen LogP contribution in [-0.4, -0.2) is 32.0 Å². The van der Waals surface area contributed by atoms with Gasteiger partial charge in [-0.1, -0.05) is 0 Å². The van der Waals surface area contributed by atoms with Crippen molar-refractivity contribution in [3.05, 3.63) is 57.2 Å². The summed E-state index contributed by atoms with van der Waals surface area (Å²) in [4.78, 5) is 16.5. The summed E-state index contributed by atoms with van der Waals surface area (Å²) in [6, 6.07) is 7.86. The molecular weight excluding hydrogens is 405 g/mol. The van der Waals surface area contributed by atoms with Gasteiger partial charge in [-0.2, -0.15) is 0 Å². The SMILES string of the molecule is Cc1cc(=O)cc2oc3cc([AsH2])c(-c4c(C)cc(O)cc4O)c(C)c3nc1-2. The van der Waals surface area contributed by atoms with Gasteiger partial charge in [-0.05, 0) is 0 Å². The molecule has 136 valence electrons. The summed E-state index contributed by atoms with van der Waals surface area (Å²) in [6.07, 6.45) is 0. The molecule has 0 fully saturated rings. The summed E-state index contributed by atoms with van der Waals surface area (Å²) in [5.74, 6) is 0.521. The quantitative estimate of drug-likeness (QED) is 0.363. The number of phenols is 2. The summed E-state index contributed by atoms with van der Waals surface area (Å²) >= 11 is 1.39. The van der Waals surface area contributed by atoms with Crippen LogP contribution in [0.3, 0.4) is 0 Å². The first-order valence-electron chi connectivity index (χ1n) is 8.43. The Morgan fingerprint density at radius 2 is 1.70 bits per heavy atom. The van der Waals surface area contributed by atoms with Crippen molar-refractivity contribution in [3.8, 4) is 34.1 Å². The standard InChI is InChI=1S/C21H18AsNO4/c1-9-4-12(24)6-15(26)18(9)19-11(3)21-17(8-14(19)22)27-16-7-13(25)5-10(2)20(16)23-21/h4-8,24,26H,22H2,1-3H3. The average molecular weight is 423 g/mol. The summed E-state index contributed by atoms with van der Waals surface area (Å²) in [6.45, 7) is 5.63. The molecule has 2 N–H and O–H groups in total. The fourth-order valence-electron chi connectivity index (χ4n) is 3.59. The fourth-order valence-corrected chi connectivity index (χ4v) is 4.67. The number of rotatable bonds is 1. The van der Waals surface area contributed by atoms with Crippen LogP contribution in [0, 0.1) is 20.8 Å². The number of phenolic OH excluding ortho intramolecular Hbond substituents is 2. The molecule has 1 unspecified atom stereocenters. The molecule has 0 spiro atoms. The molecule has 0 saturated heterocycles. The Kier molecular flexibility index (Phi) is 4.01. The van der Waals surface area contributed by atoms with Crippen LogP contribution in [0.1, 0.15) is 16.7 Å². The summed E-state index contributed by atoms with van der Waals surface area (Å²) < 4.78 is 6.95. The second kappa shape index (κ2) is 6.14. The molecule has 2 aromatic rings. The third-order valence-electron chi connectivity index (χ3n) is 4.77. The summed E-state index contributed by atoms with van der Waals surface area (Å²) in [7, 11) is 0. The first-order chi connectivity index (χ1) is 12.8. The van der Waals surface area contributed by atoms with E-state index >= 15 is 0 Å². The maximum atomic E-state index is 11.8. The number of fused-ring (bicyclic) bond motifs is 2. The number of aromatic nitrogens is 1. The Morgan fingerprint density at radius 3 is 2.41 bits per heavy atom. The molecule has 4 rings (SSSR count). The van der Waals surface area contributed by atoms with Gasteiger partial charge in [-0.15, -0.1) is 0 Å².